The highest BCUT2D eigenvalue weighted by Crippen LogP contribution is 2.12. The molecule has 0 spiro atoms. The van der Waals surface area contributed by atoms with Crippen molar-refractivity contribution in [2.24, 2.45) is 0 Å². The van der Waals surface area contributed by atoms with E-state index in [4.69, 9.17) is 17.3 Å². The number of amides is 1. The normalized spacial score (nSPS) is 16.8. The number of thiocarbonyl (C=S) groups is 1. The largest absolute Gasteiger partial charge is 0.465 e. The van der Waals surface area contributed by atoms with Gasteiger partial charge in [-0.05, 0) is 38.7 Å². The number of piperidine rings is 1. The first-order chi connectivity index (χ1) is 8.06. The Morgan fingerprint density at radius 1 is 1.41 bits per heavy atom. The number of hydrogen-bond acceptors (Lipinski definition) is 3. The molecule has 0 bridgehead atoms. The second kappa shape index (κ2) is 6.59. The van der Waals surface area contributed by atoms with Crippen LogP contribution in [0.5, 0.6) is 0 Å². The van der Waals surface area contributed by atoms with Gasteiger partial charge in [-0.15, -0.1) is 0 Å². The number of carbonyl (C=O) groups is 1. The fourth-order valence-corrected chi connectivity index (χ4v) is 2.22. The molecule has 5 heteroatoms. The van der Waals surface area contributed by atoms with Gasteiger partial charge in [-0.1, -0.05) is 12.2 Å². The zero-order valence-electron chi connectivity index (χ0n) is 10.5. The summed E-state index contributed by atoms with van der Waals surface area (Å²) in [6, 6.07) is 0. The van der Waals surface area contributed by atoms with Gasteiger partial charge in [0, 0.05) is 25.8 Å². The van der Waals surface area contributed by atoms with E-state index in [1.165, 1.54) is 24.2 Å². The minimum atomic E-state index is -0.983. The maximum absolute atomic E-state index is 11.0. The van der Waals surface area contributed by atoms with Crippen LogP contribution in [0, 0.1) is 0 Å². The highest BCUT2D eigenvalue weighted by molar-refractivity contribution is 7.80. The summed E-state index contributed by atoms with van der Waals surface area (Å²) < 4.78 is 0. The fourth-order valence-electron chi connectivity index (χ4n) is 1.96. The monoisotopic (exact) mass is 256 g/mol. The molecule has 0 saturated carbocycles. The van der Waals surface area contributed by atoms with Gasteiger partial charge in [-0.25, -0.2) is 4.79 Å². The second-order valence-electron chi connectivity index (χ2n) is 4.24. The van der Waals surface area contributed by atoms with E-state index in [1.807, 2.05) is 13.1 Å². The third-order valence-electron chi connectivity index (χ3n) is 2.90. The SMILES string of the molecule is CCN(C(=O)O)C(=S)C(C)=CN1CCCCC1. The average Bonchev–Trinajstić information content (AvgIpc) is 2.30. The van der Waals surface area contributed by atoms with Crippen LogP contribution in [0.4, 0.5) is 4.79 Å². The molecule has 96 valence electrons. The minimum Gasteiger partial charge on any atom is -0.465 e. The highest BCUT2D eigenvalue weighted by atomic mass is 32.1. The van der Waals surface area contributed by atoms with Crippen molar-refractivity contribution in [3.63, 3.8) is 0 Å². The maximum atomic E-state index is 11.0. The van der Waals surface area contributed by atoms with E-state index in [9.17, 15) is 4.79 Å². The molecule has 1 aliphatic rings. The lowest BCUT2D eigenvalue weighted by molar-refractivity contribution is 0.171. The molecule has 0 aromatic heterocycles. The van der Waals surface area contributed by atoms with Crippen molar-refractivity contribution in [2.75, 3.05) is 19.6 Å². The molecule has 1 fully saturated rings. The molecular weight excluding hydrogens is 236 g/mol. The van der Waals surface area contributed by atoms with Crippen molar-refractivity contribution in [3.8, 4) is 0 Å². The van der Waals surface area contributed by atoms with Crippen LogP contribution < -0.4 is 0 Å². The summed E-state index contributed by atoms with van der Waals surface area (Å²) in [6.07, 6.45) is 4.70. The van der Waals surface area contributed by atoms with Crippen LogP contribution in [-0.2, 0) is 0 Å². The number of likely N-dealkylation sites (N-methyl/N-ethyl adjacent to an activating group) is 1. The van der Waals surface area contributed by atoms with Crippen LogP contribution in [0.15, 0.2) is 11.8 Å². The van der Waals surface area contributed by atoms with Gasteiger partial charge < -0.3 is 10.0 Å². The van der Waals surface area contributed by atoms with E-state index in [-0.39, 0.29) is 0 Å². The van der Waals surface area contributed by atoms with Gasteiger partial charge in [-0.2, -0.15) is 0 Å². The van der Waals surface area contributed by atoms with E-state index in [0.29, 0.717) is 11.5 Å². The predicted octanol–water partition coefficient (Wildman–Crippen LogP) is 2.70. The molecule has 1 N–H and O–H groups in total. The van der Waals surface area contributed by atoms with E-state index < -0.39 is 6.09 Å². The molecule has 4 nitrogen and oxygen atoms in total. The Kier molecular flexibility index (Phi) is 5.41. The van der Waals surface area contributed by atoms with Gasteiger partial charge in [-0.3, -0.25) is 4.90 Å². The van der Waals surface area contributed by atoms with E-state index in [1.54, 1.807) is 6.92 Å². The standard InChI is InChI=1S/C12H20N2O2S/c1-3-14(12(15)16)11(17)10(2)9-13-7-5-4-6-8-13/h9H,3-8H2,1-2H3,(H,15,16). The summed E-state index contributed by atoms with van der Waals surface area (Å²) in [7, 11) is 0. The summed E-state index contributed by atoms with van der Waals surface area (Å²) in [5, 5.41) is 9.00. The molecule has 0 aliphatic carbocycles. The molecule has 1 heterocycles. The van der Waals surface area contributed by atoms with Gasteiger partial charge in [0.25, 0.3) is 0 Å². The number of nitrogens with zero attached hydrogens (tertiary/aromatic N) is 2. The number of carboxylic acid groups (broad SMARTS) is 1. The van der Waals surface area contributed by atoms with Crippen LogP contribution in [0.3, 0.4) is 0 Å². The van der Waals surface area contributed by atoms with Gasteiger partial charge in [0.1, 0.15) is 4.99 Å². The third kappa shape index (κ3) is 4.00. The lowest BCUT2D eigenvalue weighted by atomic mass is 10.1. The summed E-state index contributed by atoms with van der Waals surface area (Å²) in [4.78, 5) is 14.8. The van der Waals surface area contributed by atoms with Gasteiger partial charge in [0.15, 0.2) is 0 Å². The Labute approximate surface area is 108 Å². The fraction of sp³-hybridized carbons (Fsp3) is 0.667. The molecule has 17 heavy (non-hydrogen) atoms. The topological polar surface area (TPSA) is 43.8 Å². The van der Waals surface area contributed by atoms with Crippen molar-refractivity contribution < 1.29 is 9.90 Å². The first-order valence-electron chi connectivity index (χ1n) is 6.03. The highest BCUT2D eigenvalue weighted by Gasteiger charge is 2.17. The van der Waals surface area contributed by atoms with E-state index in [0.717, 1.165) is 18.7 Å². The van der Waals surface area contributed by atoms with Crippen LogP contribution in [-0.4, -0.2) is 45.6 Å². The lowest BCUT2D eigenvalue weighted by Crippen LogP contribution is -2.35. The average molecular weight is 256 g/mol. The van der Waals surface area contributed by atoms with Crippen LogP contribution in [0.1, 0.15) is 33.1 Å². The van der Waals surface area contributed by atoms with Gasteiger partial charge >= 0.3 is 6.09 Å². The van der Waals surface area contributed by atoms with Crippen molar-refractivity contribution in [1.82, 2.24) is 9.80 Å². The summed E-state index contributed by atoms with van der Waals surface area (Å²) in [5.74, 6) is 0. The summed E-state index contributed by atoms with van der Waals surface area (Å²) in [6.45, 7) is 6.13. The zero-order chi connectivity index (χ0) is 12.8. The van der Waals surface area contributed by atoms with E-state index >= 15 is 0 Å². The van der Waals surface area contributed by atoms with Crippen molar-refractivity contribution in [2.45, 2.75) is 33.1 Å². The Hall–Kier alpha value is -1.10. The maximum Gasteiger partial charge on any atom is 0.412 e. The molecule has 0 unspecified atom stereocenters. The Balaban J connectivity index is 2.66. The molecule has 0 aromatic rings. The van der Waals surface area contributed by atoms with Gasteiger partial charge in [0.2, 0.25) is 0 Å². The van der Waals surface area contributed by atoms with Gasteiger partial charge in [0.05, 0.1) is 0 Å². The van der Waals surface area contributed by atoms with E-state index in [2.05, 4.69) is 4.90 Å². The van der Waals surface area contributed by atoms with Crippen LogP contribution in [0.2, 0.25) is 0 Å². The minimum absolute atomic E-state index is 0.388. The Bertz CT molecular complexity index is 322. The van der Waals surface area contributed by atoms with Crippen molar-refractivity contribution in [3.05, 3.63) is 11.8 Å². The summed E-state index contributed by atoms with van der Waals surface area (Å²) >= 11 is 5.19. The Morgan fingerprint density at radius 2 is 2.00 bits per heavy atom. The van der Waals surface area contributed by atoms with Crippen molar-refractivity contribution >= 4 is 23.3 Å². The lowest BCUT2D eigenvalue weighted by Gasteiger charge is -2.27. The molecule has 0 radical (unpaired) electrons. The molecule has 1 rings (SSSR count). The molecule has 1 amide bonds. The first-order valence-corrected chi connectivity index (χ1v) is 6.44. The molecular formula is C12H20N2O2S. The van der Waals surface area contributed by atoms with Crippen LogP contribution >= 0.6 is 12.2 Å². The molecule has 1 aliphatic heterocycles. The quantitative estimate of drug-likeness (QED) is 0.623. The number of likely N-dealkylation sites (tertiary alicyclic amines) is 1. The second-order valence-corrected chi connectivity index (χ2v) is 4.63. The van der Waals surface area contributed by atoms with Crippen molar-refractivity contribution in [1.29, 1.82) is 0 Å². The number of hydrogen-bond donors (Lipinski definition) is 1. The smallest absolute Gasteiger partial charge is 0.412 e. The third-order valence-corrected chi connectivity index (χ3v) is 3.44. The molecule has 0 atom stereocenters. The molecule has 1 saturated heterocycles. The predicted molar refractivity (Wildman–Crippen MR) is 72.2 cm³/mol. The first kappa shape index (κ1) is 14.0. The Morgan fingerprint density at radius 3 is 2.47 bits per heavy atom. The zero-order valence-corrected chi connectivity index (χ0v) is 11.3. The summed E-state index contributed by atoms with van der Waals surface area (Å²) in [5.41, 5.74) is 0.853. The molecule has 0 aromatic carbocycles. The van der Waals surface area contributed by atoms with Crippen LogP contribution in [0.25, 0.3) is 0 Å². The number of rotatable bonds is 3.